The first kappa shape index (κ1) is 30.7. The number of nitrogens with zero attached hydrogens (tertiary/aromatic N) is 2. The third-order valence-electron chi connectivity index (χ3n) is 7.80. The molecule has 0 aliphatic carbocycles. The number of aromatic nitrogens is 2. The Kier molecular flexibility index (Phi) is 18.3. The molecule has 2 nitrogen and oxygen atoms in total. The highest BCUT2D eigenvalue weighted by atomic mass is 15.1. The monoisotopic (exact) mass is 495 g/mol. The van der Waals surface area contributed by atoms with Crippen molar-refractivity contribution in [1.82, 2.24) is 4.57 Å². The van der Waals surface area contributed by atoms with Crippen molar-refractivity contribution in [2.75, 3.05) is 0 Å². The molecule has 0 atom stereocenters. The van der Waals surface area contributed by atoms with E-state index in [-0.39, 0.29) is 0 Å². The van der Waals surface area contributed by atoms with E-state index in [4.69, 9.17) is 0 Å². The molecule has 36 heavy (non-hydrogen) atoms. The first-order valence-corrected chi connectivity index (χ1v) is 16.0. The predicted molar refractivity (Wildman–Crippen MR) is 158 cm³/mol. The standard InChI is InChI=1S/C34H59N2/c1-3-5-7-9-11-12-13-14-16-18-23-29-35-31-32-36(30-24-27-33-25-20-19-21-26-33)34(35)28-22-17-15-10-8-6-4-2/h19-21,25-26,31-32H,3-18,22-24,27-30H2,1-2H3/q+1. The number of unbranched alkanes of at least 4 members (excludes halogenated alkanes) is 16. The molecule has 0 spiro atoms. The van der Waals surface area contributed by atoms with E-state index in [2.05, 4.69) is 65.7 Å². The summed E-state index contributed by atoms with van der Waals surface area (Å²) in [5, 5.41) is 0. The summed E-state index contributed by atoms with van der Waals surface area (Å²) in [5.74, 6) is 1.57. The van der Waals surface area contributed by atoms with E-state index in [0.717, 1.165) is 6.54 Å². The van der Waals surface area contributed by atoms with Gasteiger partial charge in [0.15, 0.2) is 0 Å². The average molecular weight is 496 g/mol. The largest absolute Gasteiger partial charge is 0.256 e. The fourth-order valence-electron chi connectivity index (χ4n) is 5.48. The van der Waals surface area contributed by atoms with Gasteiger partial charge in [0.25, 0.3) is 5.82 Å². The second kappa shape index (κ2) is 21.5. The molecule has 0 amide bonds. The maximum absolute atomic E-state index is 2.59. The molecule has 1 heterocycles. The van der Waals surface area contributed by atoms with Gasteiger partial charge in [-0.05, 0) is 37.7 Å². The molecule has 2 aromatic rings. The molecule has 1 aromatic carbocycles. The fourth-order valence-corrected chi connectivity index (χ4v) is 5.48. The summed E-state index contributed by atoms with van der Waals surface area (Å²) >= 11 is 0. The number of rotatable bonds is 24. The Bertz CT molecular complexity index is 733. The number of hydrogen-bond donors (Lipinski definition) is 0. The molecule has 0 unspecified atom stereocenters. The number of hydrogen-bond acceptors (Lipinski definition) is 0. The SMILES string of the molecule is CCCCCCCCCCCCCn1cc[n+](CCCc2ccccc2)c1CCCCCCCCC. The molecule has 0 aliphatic heterocycles. The molecule has 204 valence electrons. The van der Waals surface area contributed by atoms with Crippen molar-refractivity contribution in [2.24, 2.45) is 0 Å². The van der Waals surface area contributed by atoms with Gasteiger partial charge in [0.05, 0.1) is 13.1 Å². The topological polar surface area (TPSA) is 8.81 Å². The summed E-state index contributed by atoms with van der Waals surface area (Å²) in [4.78, 5) is 0. The van der Waals surface area contributed by atoms with Gasteiger partial charge in [-0.15, -0.1) is 0 Å². The van der Waals surface area contributed by atoms with Crippen molar-refractivity contribution in [1.29, 1.82) is 0 Å². The third kappa shape index (κ3) is 14.2. The van der Waals surface area contributed by atoms with E-state index in [1.54, 1.807) is 5.82 Å². The van der Waals surface area contributed by atoms with Crippen LogP contribution in [-0.4, -0.2) is 4.57 Å². The minimum absolute atomic E-state index is 1.14. The molecule has 0 aliphatic rings. The van der Waals surface area contributed by atoms with E-state index in [0.29, 0.717) is 0 Å². The van der Waals surface area contributed by atoms with Crippen LogP contribution in [0.4, 0.5) is 0 Å². The highest BCUT2D eigenvalue weighted by Crippen LogP contribution is 2.14. The lowest BCUT2D eigenvalue weighted by molar-refractivity contribution is -0.704. The molecule has 0 radical (unpaired) electrons. The summed E-state index contributed by atoms with van der Waals surface area (Å²) in [6.07, 6.45) is 33.7. The van der Waals surface area contributed by atoms with Crippen molar-refractivity contribution >= 4 is 0 Å². The van der Waals surface area contributed by atoms with Crippen molar-refractivity contribution in [3.63, 3.8) is 0 Å². The van der Waals surface area contributed by atoms with Crippen molar-refractivity contribution < 1.29 is 4.57 Å². The third-order valence-corrected chi connectivity index (χ3v) is 7.80. The molecule has 1 aromatic heterocycles. The Hall–Kier alpha value is -1.57. The molecular weight excluding hydrogens is 436 g/mol. The fraction of sp³-hybridized carbons (Fsp3) is 0.735. The highest BCUT2D eigenvalue weighted by Gasteiger charge is 2.16. The minimum atomic E-state index is 1.14. The number of imidazole rings is 1. The van der Waals surface area contributed by atoms with Crippen LogP contribution >= 0.6 is 0 Å². The smallest absolute Gasteiger partial charge is 0.234 e. The lowest BCUT2D eigenvalue weighted by atomic mass is 10.1. The zero-order valence-electron chi connectivity index (χ0n) is 24.2. The van der Waals surface area contributed by atoms with Crippen molar-refractivity contribution in [3.8, 4) is 0 Å². The van der Waals surface area contributed by atoms with Crippen LogP contribution < -0.4 is 4.57 Å². The van der Waals surface area contributed by atoms with Gasteiger partial charge in [-0.1, -0.05) is 140 Å². The molecular formula is C34H59N2+. The molecule has 0 bridgehead atoms. The van der Waals surface area contributed by atoms with Crippen LogP contribution in [0.2, 0.25) is 0 Å². The first-order valence-electron chi connectivity index (χ1n) is 16.0. The summed E-state index contributed by atoms with van der Waals surface area (Å²) in [6, 6.07) is 11.0. The molecule has 0 saturated carbocycles. The predicted octanol–water partition coefficient (Wildman–Crippen LogP) is 10.0. The van der Waals surface area contributed by atoms with E-state index >= 15 is 0 Å². The summed E-state index contributed by atoms with van der Waals surface area (Å²) in [5.41, 5.74) is 1.46. The lowest BCUT2D eigenvalue weighted by Gasteiger charge is -2.07. The summed E-state index contributed by atoms with van der Waals surface area (Å²) < 4.78 is 5.16. The lowest BCUT2D eigenvalue weighted by Crippen LogP contribution is -2.37. The van der Waals surface area contributed by atoms with Crippen LogP contribution in [0, 0.1) is 0 Å². The Morgan fingerprint density at radius 1 is 0.556 bits per heavy atom. The van der Waals surface area contributed by atoms with Crippen molar-refractivity contribution in [2.45, 2.75) is 162 Å². The molecule has 2 rings (SSSR count). The van der Waals surface area contributed by atoms with Crippen LogP contribution in [0.15, 0.2) is 42.7 Å². The quantitative estimate of drug-likeness (QED) is 0.101. The summed E-state index contributed by atoms with van der Waals surface area (Å²) in [7, 11) is 0. The van der Waals surface area contributed by atoms with Gasteiger partial charge < -0.3 is 0 Å². The second-order valence-corrected chi connectivity index (χ2v) is 11.1. The Labute approximate surface area is 224 Å². The van der Waals surface area contributed by atoms with Gasteiger partial charge in [0, 0.05) is 6.42 Å². The van der Waals surface area contributed by atoms with E-state index in [1.165, 1.54) is 147 Å². The molecule has 2 heteroatoms. The maximum atomic E-state index is 2.59. The normalized spacial score (nSPS) is 11.4. The van der Waals surface area contributed by atoms with Gasteiger partial charge in [-0.25, -0.2) is 9.13 Å². The van der Waals surface area contributed by atoms with Crippen LogP contribution in [0.3, 0.4) is 0 Å². The van der Waals surface area contributed by atoms with Crippen LogP contribution in [0.5, 0.6) is 0 Å². The Balaban J connectivity index is 1.71. The van der Waals surface area contributed by atoms with Crippen molar-refractivity contribution in [3.05, 3.63) is 54.1 Å². The van der Waals surface area contributed by atoms with Crippen LogP contribution in [-0.2, 0) is 25.9 Å². The van der Waals surface area contributed by atoms with Gasteiger partial charge in [0.2, 0.25) is 0 Å². The first-order chi connectivity index (χ1) is 17.8. The van der Waals surface area contributed by atoms with Crippen LogP contribution in [0.25, 0.3) is 0 Å². The summed E-state index contributed by atoms with van der Waals surface area (Å²) in [6.45, 7) is 6.96. The minimum Gasteiger partial charge on any atom is -0.234 e. The Morgan fingerprint density at radius 2 is 1.08 bits per heavy atom. The zero-order chi connectivity index (χ0) is 25.5. The Morgan fingerprint density at radius 3 is 1.67 bits per heavy atom. The van der Waals surface area contributed by atoms with Crippen LogP contribution in [0.1, 0.15) is 147 Å². The zero-order valence-corrected chi connectivity index (χ0v) is 24.2. The van der Waals surface area contributed by atoms with E-state index < -0.39 is 0 Å². The van der Waals surface area contributed by atoms with E-state index in [1.807, 2.05) is 0 Å². The maximum Gasteiger partial charge on any atom is 0.256 e. The average Bonchev–Trinajstić information content (AvgIpc) is 3.28. The van der Waals surface area contributed by atoms with Gasteiger partial charge >= 0.3 is 0 Å². The molecule has 0 fully saturated rings. The molecule has 0 saturated heterocycles. The highest BCUT2D eigenvalue weighted by molar-refractivity contribution is 5.14. The number of aryl methyl sites for hydroxylation is 3. The van der Waals surface area contributed by atoms with E-state index in [9.17, 15) is 0 Å². The van der Waals surface area contributed by atoms with Gasteiger partial charge in [-0.2, -0.15) is 0 Å². The number of benzene rings is 1. The second-order valence-electron chi connectivity index (χ2n) is 11.1. The van der Waals surface area contributed by atoms with Gasteiger partial charge in [-0.3, -0.25) is 0 Å². The molecule has 0 N–H and O–H groups in total. The van der Waals surface area contributed by atoms with Gasteiger partial charge in [0.1, 0.15) is 12.4 Å².